The first-order valence-electron chi connectivity index (χ1n) is 7.38. The second kappa shape index (κ2) is 6.53. The molecule has 0 bridgehead atoms. The highest BCUT2D eigenvalue weighted by Gasteiger charge is 2.13. The Kier molecular flexibility index (Phi) is 4.29. The summed E-state index contributed by atoms with van der Waals surface area (Å²) in [5.41, 5.74) is 4.44. The predicted molar refractivity (Wildman–Crippen MR) is 84.6 cm³/mol. The Hall–Kier alpha value is -1.86. The van der Waals surface area contributed by atoms with Gasteiger partial charge >= 0.3 is 0 Å². The number of nitrogens with zero attached hydrogens (tertiary/aromatic N) is 1. The second-order valence-electron chi connectivity index (χ2n) is 5.50. The highest BCUT2D eigenvalue weighted by molar-refractivity contribution is 5.20. The zero-order chi connectivity index (χ0) is 13.6. The Morgan fingerprint density at radius 1 is 0.750 bits per heavy atom. The summed E-state index contributed by atoms with van der Waals surface area (Å²) in [6.45, 7) is 3.28. The molecule has 0 spiro atoms. The van der Waals surface area contributed by atoms with Gasteiger partial charge in [0.1, 0.15) is 0 Å². The lowest BCUT2D eigenvalue weighted by Gasteiger charge is -2.16. The van der Waals surface area contributed by atoms with Gasteiger partial charge in [-0.15, -0.1) is 0 Å². The summed E-state index contributed by atoms with van der Waals surface area (Å²) in [7, 11) is 0. The molecule has 0 radical (unpaired) electrons. The third kappa shape index (κ3) is 3.58. The van der Waals surface area contributed by atoms with Gasteiger partial charge in [-0.2, -0.15) is 0 Å². The van der Waals surface area contributed by atoms with Crippen molar-refractivity contribution in [2.45, 2.75) is 19.4 Å². The minimum atomic E-state index is 1.06. The second-order valence-corrected chi connectivity index (χ2v) is 5.50. The largest absolute Gasteiger partial charge is 0.292 e. The van der Waals surface area contributed by atoms with Gasteiger partial charge in [0, 0.05) is 19.6 Å². The Morgan fingerprint density at radius 3 is 2.10 bits per heavy atom. The maximum atomic E-state index is 2.51. The molecule has 0 amide bonds. The van der Waals surface area contributed by atoms with Crippen LogP contribution in [0.5, 0.6) is 0 Å². The van der Waals surface area contributed by atoms with Crippen molar-refractivity contribution >= 4 is 0 Å². The standard InChI is InChI=1S/C19H21N/c1-3-7-17(8-4-1)11-12-19-13-14-20(16-19)15-18-9-5-2-6-10-18/h1-10,13H,11-12,14-16H2. The molecule has 0 saturated carbocycles. The van der Waals surface area contributed by atoms with Crippen molar-refractivity contribution < 1.29 is 0 Å². The van der Waals surface area contributed by atoms with Crippen LogP contribution >= 0.6 is 0 Å². The first-order valence-corrected chi connectivity index (χ1v) is 7.38. The van der Waals surface area contributed by atoms with Crippen molar-refractivity contribution in [3.8, 4) is 0 Å². The summed E-state index contributed by atoms with van der Waals surface area (Å²) in [5, 5.41) is 0. The quantitative estimate of drug-likeness (QED) is 0.735. The van der Waals surface area contributed by atoms with Crippen LogP contribution in [-0.2, 0) is 13.0 Å². The van der Waals surface area contributed by atoms with Gasteiger partial charge in [0.25, 0.3) is 0 Å². The summed E-state index contributed by atoms with van der Waals surface area (Å²) in [4.78, 5) is 2.51. The molecule has 2 aromatic carbocycles. The van der Waals surface area contributed by atoms with E-state index in [9.17, 15) is 0 Å². The molecule has 1 heteroatoms. The summed E-state index contributed by atoms with van der Waals surface area (Å²) < 4.78 is 0. The van der Waals surface area contributed by atoms with Gasteiger partial charge < -0.3 is 0 Å². The first-order chi connectivity index (χ1) is 9.90. The highest BCUT2D eigenvalue weighted by atomic mass is 15.1. The molecule has 2 aromatic rings. The Morgan fingerprint density at radius 2 is 1.40 bits per heavy atom. The van der Waals surface area contributed by atoms with Crippen LogP contribution in [0.3, 0.4) is 0 Å². The summed E-state index contributed by atoms with van der Waals surface area (Å²) in [6.07, 6.45) is 4.76. The molecular weight excluding hydrogens is 242 g/mol. The van der Waals surface area contributed by atoms with E-state index < -0.39 is 0 Å². The molecule has 1 aliphatic rings. The number of hydrogen-bond acceptors (Lipinski definition) is 1. The van der Waals surface area contributed by atoms with E-state index in [-0.39, 0.29) is 0 Å². The maximum absolute atomic E-state index is 2.51. The highest BCUT2D eigenvalue weighted by Crippen LogP contribution is 2.17. The van der Waals surface area contributed by atoms with E-state index in [2.05, 4.69) is 71.6 Å². The molecule has 1 heterocycles. The number of aryl methyl sites for hydroxylation is 1. The van der Waals surface area contributed by atoms with Crippen LogP contribution in [0.1, 0.15) is 17.5 Å². The summed E-state index contributed by atoms with van der Waals surface area (Å²) >= 11 is 0. The topological polar surface area (TPSA) is 3.24 Å². The SMILES string of the molecule is C1=C(CCc2ccccc2)CN(Cc2ccccc2)C1. The Bertz CT molecular complexity index is 557. The fraction of sp³-hybridized carbons (Fsp3) is 0.263. The number of benzene rings is 2. The van der Waals surface area contributed by atoms with Crippen LogP contribution in [0.2, 0.25) is 0 Å². The van der Waals surface area contributed by atoms with E-state index in [0.29, 0.717) is 0 Å². The van der Waals surface area contributed by atoms with Gasteiger partial charge in [0.05, 0.1) is 0 Å². The Balaban J connectivity index is 1.47. The van der Waals surface area contributed by atoms with E-state index >= 15 is 0 Å². The van der Waals surface area contributed by atoms with Gasteiger partial charge in [0.2, 0.25) is 0 Å². The molecule has 0 aliphatic carbocycles. The predicted octanol–water partition coefficient (Wildman–Crippen LogP) is 4.06. The lowest BCUT2D eigenvalue weighted by atomic mass is 10.1. The van der Waals surface area contributed by atoms with Crippen molar-refractivity contribution in [1.82, 2.24) is 4.90 Å². The van der Waals surface area contributed by atoms with Crippen LogP contribution in [0, 0.1) is 0 Å². The molecule has 0 aromatic heterocycles. The van der Waals surface area contributed by atoms with Gasteiger partial charge in [-0.25, -0.2) is 0 Å². The zero-order valence-corrected chi connectivity index (χ0v) is 11.8. The van der Waals surface area contributed by atoms with Crippen molar-refractivity contribution in [3.05, 3.63) is 83.4 Å². The molecule has 0 N–H and O–H groups in total. The molecular formula is C19H21N. The van der Waals surface area contributed by atoms with Crippen molar-refractivity contribution in [1.29, 1.82) is 0 Å². The van der Waals surface area contributed by atoms with Gasteiger partial charge in [0.15, 0.2) is 0 Å². The van der Waals surface area contributed by atoms with Gasteiger partial charge in [-0.3, -0.25) is 4.90 Å². The molecule has 20 heavy (non-hydrogen) atoms. The van der Waals surface area contributed by atoms with E-state index in [0.717, 1.165) is 26.1 Å². The third-order valence-corrected chi connectivity index (χ3v) is 3.89. The van der Waals surface area contributed by atoms with Gasteiger partial charge in [-0.05, 0) is 24.0 Å². The van der Waals surface area contributed by atoms with Crippen LogP contribution in [0.15, 0.2) is 72.3 Å². The number of hydrogen-bond donors (Lipinski definition) is 0. The monoisotopic (exact) mass is 263 g/mol. The van der Waals surface area contributed by atoms with Gasteiger partial charge in [-0.1, -0.05) is 72.3 Å². The van der Waals surface area contributed by atoms with Crippen molar-refractivity contribution in [2.24, 2.45) is 0 Å². The van der Waals surface area contributed by atoms with E-state index in [1.807, 2.05) is 0 Å². The average Bonchev–Trinajstić information content (AvgIpc) is 2.95. The normalized spacial score (nSPS) is 15.3. The van der Waals surface area contributed by atoms with E-state index in [4.69, 9.17) is 0 Å². The molecule has 0 unspecified atom stereocenters. The lowest BCUT2D eigenvalue weighted by Crippen LogP contribution is -2.20. The zero-order valence-electron chi connectivity index (χ0n) is 11.8. The van der Waals surface area contributed by atoms with Crippen LogP contribution in [-0.4, -0.2) is 18.0 Å². The average molecular weight is 263 g/mol. The molecule has 1 aliphatic heterocycles. The fourth-order valence-corrected chi connectivity index (χ4v) is 2.77. The smallest absolute Gasteiger partial charge is 0.0240 e. The van der Waals surface area contributed by atoms with Crippen LogP contribution in [0.4, 0.5) is 0 Å². The molecule has 0 atom stereocenters. The molecule has 3 rings (SSSR count). The minimum absolute atomic E-state index is 1.06. The molecule has 1 nitrogen and oxygen atoms in total. The summed E-state index contributed by atoms with van der Waals surface area (Å²) in [5.74, 6) is 0. The molecule has 0 saturated heterocycles. The van der Waals surface area contributed by atoms with Crippen molar-refractivity contribution in [2.75, 3.05) is 13.1 Å². The Labute approximate surface area is 121 Å². The fourth-order valence-electron chi connectivity index (χ4n) is 2.77. The minimum Gasteiger partial charge on any atom is -0.292 e. The molecule has 0 fully saturated rings. The first kappa shape index (κ1) is 13.1. The lowest BCUT2D eigenvalue weighted by molar-refractivity contribution is 0.339. The molecule has 102 valence electrons. The van der Waals surface area contributed by atoms with Crippen molar-refractivity contribution in [3.63, 3.8) is 0 Å². The summed E-state index contributed by atoms with van der Waals surface area (Å²) in [6, 6.07) is 21.5. The third-order valence-electron chi connectivity index (χ3n) is 3.89. The van der Waals surface area contributed by atoms with Crippen LogP contribution < -0.4 is 0 Å². The number of rotatable bonds is 5. The maximum Gasteiger partial charge on any atom is 0.0240 e. The van der Waals surface area contributed by atoms with Crippen LogP contribution in [0.25, 0.3) is 0 Å². The van der Waals surface area contributed by atoms with E-state index in [1.54, 1.807) is 5.57 Å². The van der Waals surface area contributed by atoms with E-state index in [1.165, 1.54) is 17.5 Å².